The Balaban J connectivity index is 2.46. The molecule has 0 bridgehead atoms. The fourth-order valence-corrected chi connectivity index (χ4v) is 1.78. The minimum atomic E-state index is -6.94. The first-order valence-electron chi connectivity index (χ1n) is 6.14. The SMILES string of the molecule is FC(F)(F)C(F)(F)C(F)(F)C(F)(F)c1cc(-c2ccccc2)n[nH]1. The minimum Gasteiger partial charge on any atom is -0.276 e. The van der Waals surface area contributed by atoms with Gasteiger partial charge in [0.25, 0.3) is 0 Å². The minimum absolute atomic E-state index is 0.168. The summed E-state index contributed by atoms with van der Waals surface area (Å²) >= 11 is 0. The molecule has 0 fully saturated rings. The lowest BCUT2D eigenvalue weighted by Gasteiger charge is -2.32. The normalized spacial score (nSPS) is 14.0. The Labute approximate surface area is 128 Å². The van der Waals surface area contributed by atoms with Gasteiger partial charge in [0.1, 0.15) is 5.69 Å². The summed E-state index contributed by atoms with van der Waals surface area (Å²) in [6.07, 6.45) is -6.86. The Bertz CT molecular complexity index is 704. The van der Waals surface area contributed by atoms with E-state index in [0.29, 0.717) is 0 Å². The molecule has 1 N–H and O–H groups in total. The lowest BCUT2D eigenvalue weighted by molar-refractivity contribution is -0.400. The van der Waals surface area contributed by atoms with Crippen molar-refractivity contribution in [2.24, 2.45) is 0 Å². The number of hydrogen-bond donors (Lipinski definition) is 1. The van der Waals surface area contributed by atoms with Crippen LogP contribution in [0.2, 0.25) is 0 Å². The number of halogens is 9. The van der Waals surface area contributed by atoms with Crippen molar-refractivity contribution in [1.82, 2.24) is 10.2 Å². The van der Waals surface area contributed by atoms with Gasteiger partial charge in [-0.3, -0.25) is 5.10 Å². The molecule has 0 aliphatic rings. The molecule has 1 aromatic carbocycles. The van der Waals surface area contributed by atoms with Gasteiger partial charge in [0.2, 0.25) is 0 Å². The molecular weight excluding hydrogens is 355 g/mol. The van der Waals surface area contributed by atoms with E-state index in [2.05, 4.69) is 5.10 Å². The third-order valence-electron chi connectivity index (χ3n) is 3.13. The van der Waals surface area contributed by atoms with Gasteiger partial charge >= 0.3 is 23.9 Å². The molecule has 11 heteroatoms. The summed E-state index contributed by atoms with van der Waals surface area (Å²) in [5.41, 5.74) is -2.02. The van der Waals surface area contributed by atoms with Crippen molar-refractivity contribution in [3.63, 3.8) is 0 Å². The van der Waals surface area contributed by atoms with Crippen molar-refractivity contribution in [2.75, 3.05) is 0 Å². The molecule has 2 aromatic rings. The summed E-state index contributed by atoms with van der Waals surface area (Å²) < 4.78 is 116. The van der Waals surface area contributed by atoms with Crippen LogP contribution in [-0.4, -0.2) is 28.2 Å². The number of aromatic nitrogens is 2. The Morgan fingerprint density at radius 3 is 1.79 bits per heavy atom. The van der Waals surface area contributed by atoms with Crippen LogP contribution in [-0.2, 0) is 5.92 Å². The Kier molecular flexibility index (Phi) is 4.09. The highest BCUT2D eigenvalue weighted by Crippen LogP contribution is 2.56. The second kappa shape index (κ2) is 5.42. The highest BCUT2D eigenvalue weighted by atomic mass is 19.4. The van der Waals surface area contributed by atoms with Crippen LogP contribution in [0.25, 0.3) is 11.3 Å². The summed E-state index contributed by atoms with van der Waals surface area (Å²) in [6, 6.07) is 7.43. The number of nitrogens with zero attached hydrogens (tertiary/aromatic N) is 1. The molecular formula is C13H7F9N2. The Hall–Kier alpha value is -2.20. The quantitative estimate of drug-likeness (QED) is 0.762. The van der Waals surface area contributed by atoms with Gasteiger partial charge in [-0.25, -0.2) is 0 Å². The lowest BCUT2D eigenvalue weighted by atomic mass is 10.0. The first-order chi connectivity index (χ1) is 10.8. The van der Waals surface area contributed by atoms with E-state index >= 15 is 0 Å². The number of alkyl halides is 9. The highest BCUT2D eigenvalue weighted by molar-refractivity contribution is 5.59. The smallest absolute Gasteiger partial charge is 0.276 e. The molecule has 2 rings (SSSR count). The fourth-order valence-electron chi connectivity index (χ4n) is 1.78. The average molecular weight is 362 g/mol. The van der Waals surface area contributed by atoms with E-state index in [1.165, 1.54) is 29.4 Å². The molecule has 0 spiro atoms. The summed E-state index contributed by atoms with van der Waals surface area (Å²) in [5.74, 6) is -19.5. The maximum Gasteiger partial charge on any atom is 0.460 e. The van der Waals surface area contributed by atoms with E-state index in [-0.39, 0.29) is 17.3 Å². The second-order valence-corrected chi connectivity index (χ2v) is 4.75. The third kappa shape index (κ3) is 2.61. The van der Waals surface area contributed by atoms with Crippen LogP contribution in [0.3, 0.4) is 0 Å². The molecule has 0 amide bonds. The van der Waals surface area contributed by atoms with Gasteiger partial charge in [-0.05, 0) is 6.07 Å². The molecule has 0 aliphatic heterocycles. The molecule has 2 nitrogen and oxygen atoms in total. The number of benzene rings is 1. The maximum absolute atomic E-state index is 13.7. The second-order valence-electron chi connectivity index (χ2n) is 4.75. The van der Waals surface area contributed by atoms with Gasteiger partial charge in [-0.1, -0.05) is 30.3 Å². The summed E-state index contributed by atoms with van der Waals surface area (Å²) in [4.78, 5) is 0. The van der Waals surface area contributed by atoms with Crippen molar-refractivity contribution in [2.45, 2.75) is 23.9 Å². The molecule has 1 aromatic heterocycles. The third-order valence-corrected chi connectivity index (χ3v) is 3.13. The number of H-pyrrole nitrogens is 1. The van der Waals surface area contributed by atoms with Crippen molar-refractivity contribution in [1.29, 1.82) is 0 Å². The summed E-state index contributed by atoms with van der Waals surface area (Å²) in [6.45, 7) is 0. The molecule has 0 atom stereocenters. The number of nitrogens with one attached hydrogen (secondary N) is 1. The van der Waals surface area contributed by atoms with E-state index in [1.807, 2.05) is 0 Å². The van der Waals surface area contributed by atoms with Gasteiger partial charge < -0.3 is 0 Å². The standard InChI is InChI=1S/C13H7F9N2/c14-10(15,11(16,17)12(18,19)13(20,21)22)9-6-8(23-24-9)7-4-2-1-3-5-7/h1-6H,(H,23,24). The van der Waals surface area contributed by atoms with E-state index in [4.69, 9.17) is 0 Å². The van der Waals surface area contributed by atoms with Gasteiger partial charge in [0, 0.05) is 5.56 Å². The van der Waals surface area contributed by atoms with E-state index in [9.17, 15) is 39.5 Å². The number of rotatable bonds is 4. The first-order valence-corrected chi connectivity index (χ1v) is 6.14. The zero-order valence-corrected chi connectivity index (χ0v) is 11.3. The van der Waals surface area contributed by atoms with Gasteiger partial charge in [0.05, 0.1) is 5.69 Å². The predicted molar refractivity (Wildman–Crippen MR) is 63.9 cm³/mol. The lowest BCUT2D eigenvalue weighted by Crippen LogP contribution is -2.59. The van der Waals surface area contributed by atoms with Crippen LogP contribution in [0.1, 0.15) is 5.69 Å². The molecule has 0 unspecified atom stereocenters. The molecule has 24 heavy (non-hydrogen) atoms. The van der Waals surface area contributed by atoms with Crippen LogP contribution in [0.15, 0.2) is 36.4 Å². The van der Waals surface area contributed by atoms with Gasteiger partial charge in [-0.2, -0.15) is 44.6 Å². The topological polar surface area (TPSA) is 28.7 Å². The fraction of sp³-hybridized carbons (Fsp3) is 0.308. The van der Waals surface area contributed by atoms with Crippen molar-refractivity contribution >= 4 is 0 Å². The van der Waals surface area contributed by atoms with Crippen molar-refractivity contribution < 1.29 is 39.5 Å². The van der Waals surface area contributed by atoms with E-state index < -0.39 is 29.6 Å². The van der Waals surface area contributed by atoms with E-state index in [1.54, 1.807) is 6.07 Å². The maximum atomic E-state index is 13.7. The van der Waals surface area contributed by atoms with Crippen LogP contribution in [0.4, 0.5) is 39.5 Å². The van der Waals surface area contributed by atoms with Crippen LogP contribution >= 0.6 is 0 Å². The Morgan fingerprint density at radius 2 is 1.29 bits per heavy atom. The zero-order valence-electron chi connectivity index (χ0n) is 11.3. The van der Waals surface area contributed by atoms with Gasteiger partial charge in [-0.15, -0.1) is 0 Å². The average Bonchev–Trinajstić information content (AvgIpc) is 2.97. The molecule has 0 saturated carbocycles. The van der Waals surface area contributed by atoms with Crippen LogP contribution in [0.5, 0.6) is 0 Å². The van der Waals surface area contributed by atoms with Crippen LogP contribution in [0, 0.1) is 0 Å². The largest absolute Gasteiger partial charge is 0.460 e. The first kappa shape index (κ1) is 18.1. The number of aromatic amines is 1. The summed E-state index contributed by atoms with van der Waals surface area (Å²) in [7, 11) is 0. The summed E-state index contributed by atoms with van der Waals surface area (Å²) in [5, 5.41) is 4.64. The molecule has 0 aliphatic carbocycles. The molecule has 0 radical (unpaired) electrons. The monoisotopic (exact) mass is 362 g/mol. The predicted octanol–water partition coefficient (Wildman–Crippen LogP) is 5.00. The zero-order chi connectivity index (χ0) is 18.4. The van der Waals surface area contributed by atoms with Crippen molar-refractivity contribution in [3.05, 3.63) is 42.1 Å². The van der Waals surface area contributed by atoms with E-state index in [0.717, 1.165) is 0 Å². The van der Waals surface area contributed by atoms with Crippen molar-refractivity contribution in [3.8, 4) is 11.3 Å². The highest BCUT2D eigenvalue weighted by Gasteiger charge is 2.82. The van der Waals surface area contributed by atoms with Gasteiger partial charge in [0.15, 0.2) is 0 Å². The Morgan fingerprint density at radius 1 is 0.750 bits per heavy atom. The molecule has 1 heterocycles. The molecule has 132 valence electrons. The number of hydrogen-bond acceptors (Lipinski definition) is 1. The molecule has 0 saturated heterocycles. The van der Waals surface area contributed by atoms with Crippen LogP contribution < -0.4 is 0 Å².